The van der Waals surface area contributed by atoms with Crippen LogP contribution in [0.15, 0.2) is 18.3 Å². The van der Waals surface area contributed by atoms with Crippen LogP contribution in [-0.4, -0.2) is 25.2 Å². The Hall–Kier alpha value is -1.29. The summed E-state index contributed by atoms with van der Waals surface area (Å²) in [6, 6.07) is 3.76. The van der Waals surface area contributed by atoms with Crippen molar-refractivity contribution in [3.05, 3.63) is 18.3 Å². The fraction of sp³-hybridized carbons (Fsp3) is 0.545. The maximum absolute atomic E-state index is 5.56. The average molecular weight is 209 g/mol. The highest BCUT2D eigenvalue weighted by Gasteiger charge is 1.93. The Labute approximate surface area is 90.8 Å². The minimum absolute atomic E-state index is 0.555. The van der Waals surface area contributed by atoms with Gasteiger partial charge in [0.25, 0.3) is 0 Å². The third-order valence-electron chi connectivity index (χ3n) is 2.14. The highest BCUT2D eigenvalue weighted by atomic mass is 16.5. The molecule has 0 aliphatic heterocycles. The largest absolute Gasteiger partial charge is 0.385 e. The van der Waals surface area contributed by atoms with Gasteiger partial charge >= 0.3 is 0 Å². The first kappa shape index (κ1) is 11.8. The number of methoxy groups -OCH3 is 1. The molecule has 0 atom stereocenters. The van der Waals surface area contributed by atoms with Gasteiger partial charge < -0.3 is 15.8 Å². The van der Waals surface area contributed by atoms with Crippen molar-refractivity contribution in [2.45, 2.75) is 19.3 Å². The van der Waals surface area contributed by atoms with Gasteiger partial charge in [-0.2, -0.15) is 0 Å². The third-order valence-corrected chi connectivity index (χ3v) is 2.14. The fourth-order valence-corrected chi connectivity index (χ4v) is 1.34. The first-order valence-electron chi connectivity index (χ1n) is 5.27. The van der Waals surface area contributed by atoms with Gasteiger partial charge in [0.2, 0.25) is 0 Å². The van der Waals surface area contributed by atoms with Crippen molar-refractivity contribution in [1.82, 2.24) is 4.98 Å². The van der Waals surface area contributed by atoms with Crippen molar-refractivity contribution >= 4 is 11.5 Å². The molecule has 0 saturated carbocycles. The van der Waals surface area contributed by atoms with Gasteiger partial charge in [0, 0.05) is 38.2 Å². The summed E-state index contributed by atoms with van der Waals surface area (Å²) in [4.78, 5) is 3.93. The molecule has 0 aliphatic carbocycles. The topological polar surface area (TPSA) is 60.2 Å². The number of rotatable bonds is 7. The Morgan fingerprint density at radius 2 is 2.27 bits per heavy atom. The normalized spacial score (nSPS) is 10.2. The second kappa shape index (κ2) is 7.06. The molecule has 0 unspecified atom stereocenters. The Balaban J connectivity index is 2.10. The number of unbranched alkanes of at least 4 members (excludes halogenated alkanes) is 2. The molecule has 4 heteroatoms. The molecule has 0 radical (unpaired) electrons. The quantitative estimate of drug-likeness (QED) is 0.673. The molecule has 0 aromatic carbocycles. The number of hydrogen-bond donors (Lipinski definition) is 2. The molecule has 1 rings (SSSR count). The van der Waals surface area contributed by atoms with E-state index in [0.29, 0.717) is 5.82 Å². The first-order chi connectivity index (χ1) is 7.33. The molecular weight excluding hydrogens is 190 g/mol. The van der Waals surface area contributed by atoms with Crippen molar-refractivity contribution < 1.29 is 4.74 Å². The lowest BCUT2D eigenvalue weighted by molar-refractivity contribution is 0.192. The van der Waals surface area contributed by atoms with Crippen LogP contribution in [0.3, 0.4) is 0 Å². The number of nitrogen functional groups attached to an aromatic ring is 1. The molecule has 0 bridgehead atoms. The zero-order valence-electron chi connectivity index (χ0n) is 9.20. The van der Waals surface area contributed by atoms with E-state index in [9.17, 15) is 0 Å². The van der Waals surface area contributed by atoms with Crippen LogP contribution >= 0.6 is 0 Å². The molecule has 0 spiro atoms. The number of ether oxygens (including phenoxy) is 1. The highest BCUT2D eigenvalue weighted by molar-refractivity contribution is 5.49. The van der Waals surface area contributed by atoms with Crippen LogP contribution in [0.5, 0.6) is 0 Å². The summed E-state index contributed by atoms with van der Waals surface area (Å²) >= 11 is 0. The van der Waals surface area contributed by atoms with Crippen LogP contribution in [0.4, 0.5) is 11.5 Å². The lowest BCUT2D eigenvalue weighted by Gasteiger charge is -2.06. The summed E-state index contributed by atoms with van der Waals surface area (Å²) in [5.41, 5.74) is 6.60. The summed E-state index contributed by atoms with van der Waals surface area (Å²) < 4.78 is 4.98. The lowest BCUT2D eigenvalue weighted by Crippen LogP contribution is -2.03. The summed E-state index contributed by atoms with van der Waals surface area (Å²) in [7, 11) is 1.73. The average Bonchev–Trinajstić information content (AvgIpc) is 2.23. The number of pyridine rings is 1. The fourth-order valence-electron chi connectivity index (χ4n) is 1.34. The van der Waals surface area contributed by atoms with Gasteiger partial charge in [0.05, 0.1) is 0 Å². The standard InChI is InChI=1S/C11H19N3O/c1-15-8-4-2-3-6-13-10-5-7-14-11(12)9-10/h5,7,9H,2-4,6,8H2,1H3,(H3,12,13,14). The summed E-state index contributed by atoms with van der Waals surface area (Å²) in [5.74, 6) is 0.555. The van der Waals surface area contributed by atoms with Crippen LogP contribution in [0.2, 0.25) is 0 Å². The molecule has 1 aromatic heterocycles. The monoisotopic (exact) mass is 209 g/mol. The smallest absolute Gasteiger partial charge is 0.125 e. The van der Waals surface area contributed by atoms with E-state index in [-0.39, 0.29) is 0 Å². The predicted molar refractivity (Wildman–Crippen MR) is 62.9 cm³/mol. The van der Waals surface area contributed by atoms with E-state index in [1.165, 1.54) is 6.42 Å². The molecule has 1 heterocycles. The van der Waals surface area contributed by atoms with Crippen molar-refractivity contribution in [2.24, 2.45) is 0 Å². The molecule has 84 valence electrons. The number of nitrogens with one attached hydrogen (secondary N) is 1. The summed E-state index contributed by atoms with van der Waals surface area (Å²) in [6.45, 7) is 1.81. The van der Waals surface area contributed by atoms with Crippen LogP contribution < -0.4 is 11.1 Å². The van der Waals surface area contributed by atoms with E-state index >= 15 is 0 Å². The molecule has 3 N–H and O–H groups in total. The van der Waals surface area contributed by atoms with Crippen LogP contribution in [0.1, 0.15) is 19.3 Å². The van der Waals surface area contributed by atoms with E-state index in [2.05, 4.69) is 10.3 Å². The minimum Gasteiger partial charge on any atom is -0.385 e. The van der Waals surface area contributed by atoms with Crippen LogP contribution in [-0.2, 0) is 4.74 Å². The minimum atomic E-state index is 0.555. The van der Waals surface area contributed by atoms with E-state index in [1.807, 2.05) is 12.1 Å². The first-order valence-corrected chi connectivity index (χ1v) is 5.27. The van der Waals surface area contributed by atoms with Crippen molar-refractivity contribution in [3.63, 3.8) is 0 Å². The van der Waals surface area contributed by atoms with Gasteiger partial charge in [-0.15, -0.1) is 0 Å². The Bertz CT molecular complexity index is 278. The van der Waals surface area contributed by atoms with E-state index in [4.69, 9.17) is 10.5 Å². The molecule has 0 aliphatic rings. The number of anilines is 2. The summed E-state index contributed by atoms with van der Waals surface area (Å²) in [6.07, 6.45) is 5.16. The number of nitrogens with zero attached hydrogens (tertiary/aromatic N) is 1. The highest BCUT2D eigenvalue weighted by Crippen LogP contribution is 2.09. The number of nitrogens with two attached hydrogens (primary N) is 1. The van der Waals surface area contributed by atoms with E-state index < -0.39 is 0 Å². The van der Waals surface area contributed by atoms with Crippen LogP contribution in [0, 0.1) is 0 Å². The second-order valence-corrected chi connectivity index (χ2v) is 3.45. The van der Waals surface area contributed by atoms with Gasteiger partial charge in [0.1, 0.15) is 5.82 Å². The third kappa shape index (κ3) is 5.22. The molecular formula is C11H19N3O. The van der Waals surface area contributed by atoms with Gasteiger partial charge in [0.15, 0.2) is 0 Å². The summed E-state index contributed by atoms with van der Waals surface area (Å²) in [5, 5.41) is 3.30. The maximum Gasteiger partial charge on any atom is 0.125 e. The van der Waals surface area contributed by atoms with Crippen molar-refractivity contribution in [2.75, 3.05) is 31.3 Å². The van der Waals surface area contributed by atoms with E-state index in [0.717, 1.165) is 31.7 Å². The Morgan fingerprint density at radius 3 is 3.00 bits per heavy atom. The van der Waals surface area contributed by atoms with E-state index in [1.54, 1.807) is 13.3 Å². The SMILES string of the molecule is COCCCCCNc1ccnc(N)c1. The molecule has 0 saturated heterocycles. The Kier molecular flexibility index (Phi) is 5.55. The molecule has 1 aromatic rings. The van der Waals surface area contributed by atoms with Gasteiger partial charge in [-0.3, -0.25) is 0 Å². The Morgan fingerprint density at radius 1 is 1.40 bits per heavy atom. The van der Waals surface area contributed by atoms with Crippen LogP contribution in [0.25, 0.3) is 0 Å². The van der Waals surface area contributed by atoms with Gasteiger partial charge in [-0.05, 0) is 25.3 Å². The molecule has 0 amide bonds. The maximum atomic E-state index is 5.56. The predicted octanol–water partition coefficient (Wildman–Crippen LogP) is 1.89. The molecule has 0 fully saturated rings. The molecule has 4 nitrogen and oxygen atoms in total. The number of hydrogen-bond acceptors (Lipinski definition) is 4. The van der Waals surface area contributed by atoms with Crippen molar-refractivity contribution in [3.8, 4) is 0 Å². The lowest BCUT2D eigenvalue weighted by atomic mass is 10.2. The van der Waals surface area contributed by atoms with Gasteiger partial charge in [-0.25, -0.2) is 4.98 Å². The number of aromatic nitrogens is 1. The zero-order chi connectivity index (χ0) is 10.9. The second-order valence-electron chi connectivity index (χ2n) is 3.45. The van der Waals surface area contributed by atoms with Gasteiger partial charge in [-0.1, -0.05) is 0 Å². The zero-order valence-corrected chi connectivity index (χ0v) is 9.20. The molecule has 15 heavy (non-hydrogen) atoms. The van der Waals surface area contributed by atoms with Crippen molar-refractivity contribution in [1.29, 1.82) is 0 Å².